The predicted molar refractivity (Wildman–Crippen MR) is 98.9 cm³/mol. The topological polar surface area (TPSA) is 75.4 Å². The van der Waals surface area contributed by atoms with Crippen molar-refractivity contribution in [3.8, 4) is 11.3 Å². The van der Waals surface area contributed by atoms with Crippen LogP contribution < -0.4 is 0 Å². The van der Waals surface area contributed by atoms with E-state index >= 15 is 0 Å². The highest BCUT2D eigenvalue weighted by Crippen LogP contribution is 2.33. The molecule has 2 aromatic heterocycles. The van der Waals surface area contributed by atoms with Crippen LogP contribution >= 0.6 is 0 Å². The number of likely N-dealkylation sites (tertiary alicyclic amines) is 1. The van der Waals surface area contributed by atoms with Crippen molar-refractivity contribution in [2.75, 3.05) is 26.2 Å². The lowest BCUT2D eigenvalue weighted by molar-refractivity contribution is 0.142. The smallest absolute Gasteiger partial charge is 0.319 e. The van der Waals surface area contributed by atoms with Gasteiger partial charge in [-0.1, -0.05) is 5.16 Å². The van der Waals surface area contributed by atoms with Crippen LogP contribution in [0.5, 0.6) is 0 Å². The molecule has 1 aliphatic rings. The maximum Gasteiger partial charge on any atom is 0.319 e. The average molecular weight is 357 g/mol. The van der Waals surface area contributed by atoms with E-state index in [1.165, 1.54) is 0 Å². The summed E-state index contributed by atoms with van der Waals surface area (Å²) in [5.74, 6) is 1.59. The quantitative estimate of drug-likeness (QED) is 0.838. The van der Waals surface area contributed by atoms with Crippen molar-refractivity contribution in [2.24, 2.45) is 0 Å². The number of hydrogen-bond acceptors (Lipinski definition) is 5. The first-order valence-electron chi connectivity index (χ1n) is 9.34. The zero-order valence-electron chi connectivity index (χ0n) is 16.0. The molecule has 7 heteroatoms. The summed E-state index contributed by atoms with van der Waals surface area (Å²) in [6, 6.07) is 2.02. The van der Waals surface area contributed by atoms with Crippen LogP contribution in [-0.2, 0) is 0 Å². The van der Waals surface area contributed by atoms with E-state index in [0.29, 0.717) is 12.3 Å². The van der Waals surface area contributed by atoms with Crippen molar-refractivity contribution >= 4 is 6.03 Å². The number of aromatic nitrogens is 3. The molecule has 2 amide bonds. The van der Waals surface area contributed by atoms with Crippen LogP contribution in [0.1, 0.15) is 49.8 Å². The number of carbonyl (C=O) groups is 1. The maximum absolute atomic E-state index is 12.8. The highest BCUT2D eigenvalue weighted by molar-refractivity contribution is 5.74. The van der Waals surface area contributed by atoms with Gasteiger partial charge in [-0.3, -0.25) is 0 Å². The Morgan fingerprint density at radius 3 is 2.77 bits per heavy atom. The number of aryl methyl sites for hydroxylation is 2. The van der Waals surface area contributed by atoms with Gasteiger partial charge in [0.25, 0.3) is 0 Å². The molecule has 1 saturated heterocycles. The zero-order chi connectivity index (χ0) is 18.7. The Kier molecular flexibility index (Phi) is 5.54. The van der Waals surface area contributed by atoms with Gasteiger partial charge in [-0.15, -0.1) is 0 Å². The molecule has 140 valence electrons. The second-order valence-corrected chi connectivity index (χ2v) is 6.79. The third-order valence-corrected chi connectivity index (χ3v) is 4.94. The third kappa shape index (κ3) is 3.71. The van der Waals surface area contributed by atoms with E-state index in [0.717, 1.165) is 55.3 Å². The monoisotopic (exact) mass is 357 g/mol. The number of amides is 2. The van der Waals surface area contributed by atoms with Crippen molar-refractivity contribution < 1.29 is 9.32 Å². The molecular weight excluding hydrogens is 330 g/mol. The van der Waals surface area contributed by atoms with Crippen molar-refractivity contribution in [3.63, 3.8) is 0 Å². The van der Waals surface area contributed by atoms with E-state index < -0.39 is 0 Å². The first kappa shape index (κ1) is 18.4. The van der Waals surface area contributed by atoms with Gasteiger partial charge in [0.15, 0.2) is 5.76 Å². The lowest BCUT2D eigenvalue weighted by Crippen LogP contribution is -2.47. The van der Waals surface area contributed by atoms with Crippen LogP contribution in [0.15, 0.2) is 16.8 Å². The van der Waals surface area contributed by atoms with Crippen LogP contribution in [0.25, 0.3) is 11.3 Å². The SMILES string of the molecule is CCN(CC)C(=O)N1CCCC(c2nc(C)ncc2-c2cc(C)no2)C1. The molecule has 1 aliphatic heterocycles. The Balaban J connectivity index is 1.88. The number of nitrogens with zero attached hydrogens (tertiary/aromatic N) is 5. The molecule has 0 aliphatic carbocycles. The molecule has 3 heterocycles. The second-order valence-electron chi connectivity index (χ2n) is 6.79. The van der Waals surface area contributed by atoms with E-state index in [1.807, 2.05) is 49.8 Å². The van der Waals surface area contributed by atoms with E-state index in [-0.39, 0.29) is 11.9 Å². The van der Waals surface area contributed by atoms with Gasteiger partial charge in [0.05, 0.1) is 17.0 Å². The summed E-state index contributed by atoms with van der Waals surface area (Å²) >= 11 is 0. The molecule has 26 heavy (non-hydrogen) atoms. The van der Waals surface area contributed by atoms with E-state index in [4.69, 9.17) is 9.51 Å². The number of carbonyl (C=O) groups excluding carboxylic acids is 1. The normalized spacial score (nSPS) is 17.4. The Labute approximate surface area is 154 Å². The summed E-state index contributed by atoms with van der Waals surface area (Å²) in [4.78, 5) is 25.6. The highest BCUT2D eigenvalue weighted by atomic mass is 16.5. The third-order valence-electron chi connectivity index (χ3n) is 4.94. The molecule has 2 aromatic rings. The molecule has 1 unspecified atom stereocenters. The largest absolute Gasteiger partial charge is 0.356 e. The van der Waals surface area contributed by atoms with Gasteiger partial charge in [-0.05, 0) is 40.5 Å². The molecule has 0 aromatic carbocycles. The van der Waals surface area contributed by atoms with E-state index in [2.05, 4.69) is 10.1 Å². The highest BCUT2D eigenvalue weighted by Gasteiger charge is 2.30. The minimum Gasteiger partial charge on any atom is -0.356 e. The van der Waals surface area contributed by atoms with E-state index in [1.54, 1.807) is 0 Å². The minimum absolute atomic E-state index is 0.113. The number of rotatable bonds is 4. The standard InChI is InChI=1S/C19H27N5O2/c1-5-23(6-2)19(25)24-9-7-8-15(12-24)18-16(11-20-14(4)21-18)17-10-13(3)22-26-17/h10-11,15H,5-9,12H2,1-4H3. The number of piperidine rings is 1. The Hall–Kier alpha value is -2.44. The summed E-state index contributed by atoms with van der Waals surface area (Å²) in [5.41, 5.74) is 2.65. The average Bonchev–Trinajstić information content (AvgIpc) is 3.09. The second kappa shape index (κ2) is 7.85. The molecule has 3 rings (SSSR count). The zero-order valence-corrected chi connectivity index (χ0v) is 16.0. The molecule has 0 saturated carbocycles. The fourth-order valence-corrected chi connectivity index (χ4v) is 3.55. The van der Waals surface area contributed by atoms with Gasteiger partial charge in [0.1, 0.15) is 5.82 Å². The van der Waals surface area contributed by atoms with E-state index in [9.17, 15) is 4.79 Å². The van der Waals surface area contributed by atoms with Crippen LogP contribution in [0.4, 0.5) is 4.79 Å². The summed E-state index contributed by atoms with van der Waals surface area (Å²) in [5, 5.41) is 3.99. The summed E-state index contributed by atoms with van der Waals surface area (Å²) in [7, 11) is 0. The van der Waals surface area contributed by atoms with Crippen molar-refractivity contribution in [2.45, 2.75) is 46.5 Å². The number of hydrogen-bond donors (Lipinski definition) is 0. The first-order chi connectivity index (χ1) is 12.5. The summed E-state index contributed by atoms with van der Waals surface area (Å²) in [6.07, 6.45) is 3.77. The Bertz CT molecular complexity index is 769. The molecule has 0 N–H and O–H groups in total. The minimum atomic E-state index is 0.113. The fourth-order valence-electron chi connectivity index (χ4n) is 3.55. The van der Waals surface area contributed by atoms with Gasteiger partial charge in [0, 0.05) is 44.4 Å². The Morgan fingerprint density at radius 1 is 1.35 bits per heavy atom. The molecule has 7 nitrogen and oxygen atoms in total. The first-order valence-corrected chi connectivity index (χ1v) is 9.34. The summed E-state index contributed by atoms with van der Waals surface area (Å²) < 4.78 is 5.45. The van der Waals surface area contributed by atoms with Gasteiger partial charge in [0.2, 0.25) is 0 Å². The lowest BCUT2D eigenvalue weighted by atomic mass is 9.91. The molecular formula is C19H27N5O2. The number of urea groups is 1. The van der Waals surface area contributed by atoms with Crippen LogP contribution in [0.3, 0.4) is 0 Å². The predicted octanol–water partition coefficient (Wildman–Crippen LogP) is 3.39. The van der Waals surface area contributed by atoms with Crippen molar-refractivity contribution in [3.05, 3.63) is 29.5 Å². The van der Waals surface area contributed by atoms with Gasteiger partial charge >= 0.3 is 6.03 Å². The summed E-state index contributed by atoms with van der Waals surface area (Å²) in [6.45, 7) is 10.7. The van der Waals surface area contributed by atoms with Gasteiger partial charge in [-0.25, -0.2) is 14.8 Å². The molecule has 1 atom stereocenters. The van der Waals surface area contributed by atoms with Crippen molar-refractivity contribution in [1.29, 1.82) is 0 Å². The van der Waals surface area contributed by atoms with Gasteiger partial charge in [-0.2, -0.15) is 0 Å². The molecule has 0 bridgehead atoms. The molecule has 1 fully saturated rings. The fraction of sp³-hybridized carbons (Fsp3) is 0.579. The molecule has 0 radical (unpaired) electrons. The van der Waals surface area contributed by atoms with Crippen LogP contribution in [0.2, 0.25) is 0 Å². The van der Waals surface area contributed by atoms with Crippen LogP contribution in [0, 0.1) is 13.8 Å². The van der Waals surface area contributed by atoms with Gasteiger partial charge < -0.3 is 14.3 Å². The Morgan fingerprint density at radius 2 is 2.12 bits per heavy atom. The lowest BCUT2D eigenvalue weighted by Gasteiger charge is -2.36. The van der Waals surface area contributed by atoms with Crippen molar-refractivity contribution in [1.82, 2.24) is 24.9 Å². The maximum atomic E-state index is 12.8. The van der Waals surface area contributed by atoms with Crippen LogP contribution in [-0.4, -0.2) is 57.1 Å². The molecule has 0 spiro atoms.